The van der Waals surface area contributed by atoms with Gasteiger partial charge in [-0.1, -0.05) is 54.6 Å². The van der Waals surface area contributed by atoms with E-state index in [1.165, 1.54) is 16.2 Å². The van der Waals surface area contributed by atoms with Crippen LogP contribution >= 0.6 is 11.3 Å². The second-order valence-corrected chi connectivity index (χ2v) is 7.38. The number of fused-ring (bicyclic) bond motifs is 1. The molecule has 1 aliphatic rings. The Morgan fingerprint density at radius 2 is 1.86 bits per heavy atom. The van der Waals surface area contributed by atoms with Crippen LogP contribution in [0, 0.1) is 0 Å². The van der Waals surface area contributed by atoms with Gasteiger partial charge in [-0.2, -0.15) is 0 Å². The van der Waals surface area contributed by atoms with Gasteiger partial charge in [0.15, 0.2) is 5.13 Å². The molecule has 0 saturated carbocycles. The van der Waals surface area contributed by atoms with E-state index in [0.29, 0.717) is 18.1 Å². The number of carbonyl (C=O) groups is 2. The van der Waals surface area contributed by atoms with Gasteiger partial charge in [0.1, 0.15) is 12.6 Å². The van der Waals surface area contributed by atoms with Crippen LogP contribution in [0.2, 0.25) is 0 Å². The number of carbonyl (C=O) groups excluding carboxylic acids is 2. The van der Waals surface area contributed by atoms with Crippen molar-refractivity contribution in [3.05, 3.63) is 82.9 Å². The summed E-state index contributed by atoms with van der Waals surface area (Å²) in [5, 5.41) is 5.10. The Morgan fingerprint density at radius 1 is 1.11 bits per heavy atom. The Balaban J connectivity index is 1.52. The number of anilines is 1. The fourth-order valence-corrected chi connectivity index (χ4v) is 3.76. The van der Waals surface area contributed by atoms with Crippen molar-refractivity contribution < 1.29 is 14.3 Å². The molecule has 2 heterocycles. The maximum absolute atomic E-state index is 12.9. The minimum atomic E-state index is -0.651. The molecule has 0 fully saturated rings. The SMILES string of the molecule is O=C(Nc1nccs1)[C@H]1Cc2ccccc2CN1C(=O)OCc1ccccc1. The molecule has 2 aromatic carbocycles. The molecule has 0 radical (unpaired) electrons. The van der Waals surface area contributed by atoms with Crippen LogP contribution in [0.1, 0.15) is 16.7 Å². The maximum Gasteiger partial charge on any atom is 0.411 e. The third kappa shape index (κ3) is 4.04. The van der Waals surface area contributed by atoms with Crippen molar-refractivity contribution in [2.45, 2.75) is 25.6 Å². The molecular weight excluding hydrogens is 374 g/mol. The topological polar surface area (TPSA) is 71.5 Å². The third-order valence-electron chi connectivity index (χ3n) is 4.65. The molecule has 1 aromatic heterocycles. The van der Waals surface area contributed by atoms with Gasteiger partial charge in [0, 0.05) is 18.0 Å². The highest BCUT2D eigenvalue weighted by atomic mass is 32.1. The second-order valence-electron chi connectivity index (χ2n) is 6.48. The monoisotopic (exact) mass is 393 g/mol. The van der Waals surface area contributed by atoms with Crippen molar-refractivity contribution >= 4 is 28.5 Å². The molecule has 28 heavy (non-hydrogen) atoms. The van der Waals surface area contributed by atoms with Crippen molar-refractivity contribution in [3.63, 3.8) is 0 Å². The van der Waals surface area contributed by atoms with Crippen LogP contribution in [-0.4, -0.2) is 27.9 Å². The van der Waals surface area contributed by atoms with Gasteiger partial charge in [0.2, 0.25) is 5.91 Å². The van der Waals surface area contributed by atoms with E-state index >= 15 is 0 Å². The molecule has 1 atom stereocenters. The Kier molecular flexibility index (Phi) is 5.34. The molecule has 0 spiro atoms. The highest BCUT2D eigenvalue weighted by Gasteiger charge is 2.35. The van der Waals surface area contributed by atoms with Gasteiger partial charge < -0.3 is 10.1 Å². The normalized spacial score (nSPS) is 15.6. The number of amides is 2. The van der Waals surface area contributed by atoms with Crippen LogP contribution in [0.5, 0.6) is 0 Å². The molecular formula is C21H19N3O3S. The lowest BCUT2D eigenvalue weighted by Crippen LogP contribution is -2.50. The zero-order valence-corrected chi connectivity index (χ0v) is 15.9. The smallest absolute Gasteiger partial charge is 0.411 e. The zero-order chi connectivity index (χ0) is 19.3. The lowest BCUT2D eigenvalue weighted by molar-refractivity contribution is -0.121. The van der Waals surface area contributed by atoms with Crippen LogP contribution in [0.25, 0.3) is 0 Å². The minimum absolute atomic E-state index is 0.165. The number of ether oxygens (including phenoxy) is 1. The molecule has 0 unspecified atom stereocenters. The van der Waals surface area contributed by atoms with Crippen molar-refractivity contribution in [1.29, 1.82) is 0 Å². The van der Waals surface area contributed by atoms with Crippen molar-refractivity contribution in [3.8, 4) is 0 Å². The molecule has 142 valence electrons. The van der Waals surface area contributed by atoms with E-state index < -0.39 is 12.1 Å². The Hall–Kier alpha value is -3.19. The predicted molar refractivity (Wildman–Crippen MR) is 107 cm³/mol. The van der Waals surface area contributed by atoms with Crippen molar-refractivity contribution in [2.24, 2.45) is 0 Å². The molecule has 6 nitrogen and oxygen atoms in total. The first kappa shape index (κ1) is 18.2. The number of rotatable bonds is 4. The summed E-state index contributed by atoms with van der Waals surface area (Å²) in [6.45, 7) is 0.498. The van der Waals surface area contributed by atoms with Gasteiger partial charge in [-0.15, -0.1) is 11.3 Å². The molecule has 4 rings (SSSR count). The molecule has 0 bridgehead atoms. The van der Waals surface area contributed by atoms with E-state index in [0.717, 1.165) is 16.7 Å². The highest BCUT2D eigenvalue weighted by Crippen LogP contribution is 2.25. The molecule has 1 aliphatic heterocycles. The molecule has 0 aliphatic carbocycles. The van der Waals surface area contributed by atoms with E-state index in [1.807, 2.05) is 54.6 Å². The summed E-state index contributed by atoms with van der Waals surface area (Å²) in [4.78, 5) is 31.3. The van der Waals surface area contributed by atoms with Gasteiger partial charge in [-0.3, -0.25) is 9.69 Å². The summed E-state index contributed by atoms with van der Waals surface area (Å²) >= 11 is 1.34. The summed E-state index contributed by atoms with van der Waals surface area (Å²) in [5.41, 5.74) is 2.99. The average Bonchev–Trinajstić information content (AvgIpc) is 3.24. The van der Waals surface area contributed by atoms with Crippen LogP contribution < -0.4 is 5.32 Å². The molecule has 3 aromatic rings. The fraction of sp³-hybridized carbons (Fsp3) is 0.190. The van der Waals surface area contributed by atoms with Crippen LogP contribution in [0.15, 0.2) is 66.2 Å². The van der Waals surface area contributed by atoms with E-state index in [4.69, 9.17) is 4.74 Å². The largest absolute Gasteiger partial charge is 0.445 e. The quantitative estimate of drug-likeness (QED) is 0.731. The van der Waals surface area contributed by atoms with Crippen LogP contribution in [0.4, 0.5) is 9.93 Å². The number of aromatic nitrogens is 1. The zero-order valence-electron chi connectivity index (χ0n) is 15.1. The molecule has 2 amide bonds. The Morgan fingerprint density at radius 3 is 2.61 bits per heavy atom. The minimum Gasteiger partial charge on any atom is -0.445 e. The van der Waals surface area contributed by atoms with Gasteiger partial charge >= 0.3 is 6.09 Å². The third-order valence-corrected chi connectivity index (χ3v) is 5.34. The summed E-state index contributed by atoms with van der Waals surface area (Å²) < 4.78 is 5.49. The number of hydrogen-bond acceptors (Lipinski definition) is 5. The second kappa shape index (κ2) is 8.22. The number of thiazole rings is 1. The molecule has 0 saturated heterocycles. The Labute approximate surface area is 166 Å². The summed E-state index contributed by atoms with van der Waals surface area (Å²) in [5.74, 6) is -0.263. The highest BCUT2D eigenvalue weighted by molar-refractivity contribution is 7.13. The molecule has 1 N–H and O–H groups in total. The lowest BCUT2D eigenvalue weighted by atomic mass is 9.94. The summed E-state index contributed by atoms with van der Waals surface area (Å²) in [6, 6.07) is 16.7. The van der Waals surface area contributed by atoms with Crippen molar-refractivity contribution in [2.75, 3.05) is 5.32 Å². The number of benzene rings is 2. The van der Waals surface area contributed by atoms with E-state index in [1.54, 1.807) is 11.6 Å². The van der Waals surface area contributed by atoms with E-state index in [2.05, 4.69) is 10.3 Å². The van der Waals surface area contributed by atoms with Crippen LogP contribution in [0.3, 0.4) is 0 Å². The van der Waals surface area contributed by atoms with E-state index in [-0.39, 0.29) is 12.5 Å². The van der Waals surface area contributed by atoms with Gasteiger partial charge in [-0.05, 0) is 16.7 Å². The first-order chi connectivity index (χ1) is 13.7. The maximum atomic E-state index is 12.9. The van der Waals surface area contributed by atoms with E-state index in [9.17, 15) is 9.59 Å². The fourth-order valence-electron chi connectivity index (χ4n) is 3.23. The number of nitrogens with zero attached hydrogens (tertiary/aromatic N) is 2. The lowest BCUT2D eigenvalue weighted by Gasteiger charge is -2.35. The average molecular weight is 393 g/mol. The predicted octanol–water partition coefficient (Wildman–Crippen LogP) is 3.85. The van der Waals surface area contributed by atoms with Gasteiger partial charge in [0.25, 0.3) is 0 Å². The van der Waals surface area contributed by atoms with Gasteiger partial charge in [-0.25, -0.2) is 9.78 Å². The first-order valence-electron chi connectivity index (χ1n) is 8.95. The first-order valence-corrected chi connectivity index (χ1v) is 9.83. The van der Waals surface area contributed by atoms with Crippen molar-refractivity contribution in [1.82, 2.24) is 9.88 Å². The molecule has 7 heteroatoms. The Bertz CT molecular complexity index is 960. The van der Waals surface area contributed by atoms with Gasteiger partial charge in [0.05, 0.1) is 6.54 Å². The summed E-state index contributed by atoms with van der Waals surface area (Å²) in [7, 11) is 0. The number of nitrogens with one attached hydrogen (secondary N) is 1. The number of hydrogen-bond donors (Lipinski definition) is 1. The standard InChI is InChI=1S/C21H19N3O3S/c25-19(23-20-22-10-11-28-20)18-12-16-8-4-5-9-17(16)13-24(18)21(26)27-14-15-6-2-1-3-7-15/h1-11,18H,12-14H2,(H,22,23,25)/t18-/m1/s1. The summed E-state index contributed by atoms with van der Waals surface area (Å²) in [6.07, 6.45) is 1.56. The van der Waals surface area contributed by atoms with Crippen LogP contribution in [-0.2, 0) is 29.1 Å².